The summed E-state index contributed by atoms with van der Waals surface area (Å²) < 4.78 is 25.8. The van der Waals surface area contributed by atoms with Crippen molar-refractivity contribution in [2.75, 3.05) is 5.32 Å². The van der Waals surface area contributed by atoms with Gasteiger partial charge in [-0.05, 0) is 54.5 Å². The Labute approximate surface area is 199 Å². The fourth-order valence-electron chi connectivity index (χ4n) is 3.60. The molecule has 0 spiro atoms. The first-order valence-electron chi connectivity index (χ1n) is 10.8. The highest BCUT2D eigenvalue weighted by atomic mass is 32.2. The van der Waals surface area contributed by atoms with Crippen LogP contribution >= 0.6 is 0 Å². The van der Waals surface area contributed by atoms with Gasteiger partial charge in [0.25, 0.3) is 0 Å². The zero-order valence-electron chi connectivity index (χ0n) is 18.7. The maximum Gasteiger partial charge on any atom is 0.248 e. The number of nitrogens with one attached hydrogen (secondary N) is 1. The summed E-state index contributed by atoms with van der Waals surface area (Å²) in [7, 11) is -3.52. The Bertz CT molecular complexity index is 1450. The van der Waals surface area contributed by atoms with Crippen LogP contribution in [0.2, 0.25) is 0 Å². The third-order valence-corrected chi connectivity index (χ3v) is 6.89. The van der Waals surface area contributed by atoms with Crippen LogP contribution in [0.5, 0.6) is 0 Å². The molecule has 1 heterocycles. The van der Waals surface area contributed by atoms with E-state index in [0.29, 0.717) is 11.3 Å². The fourth-order valence-corrected chi connectivity index (χ4v) is 4.99. The molecule has 0 aliphatic heterocycles. The number of rotatable bonds is 7. The standard InChI is InChI=1S/C28H24N2O3S/c1-21-8-6-10-23(18-21)20-34(32,33)24-11-7-9-22(19-24)15-16-28(31)30-27-14-3-2-12-25(27)26-13-4-5-17-29-26/h2-19H,20H2,1H3,(H,30,31)/b16-15+. The number of benzene rings is 3. The van der Waals surface area contributed by atoms with E-state index in [1.165, 1.54) is 6.08 Å². The molecule has 170 valence electrons. The van der Waals surface area contributed by atoms with Gasteiger partial charge < -0.3 is 5.32 Å². The molecular weight excluding hydrogens is 444 g/mol. The minimum absolute atomic E-state index is 0.0767. The number of sulfone groups is 1. The molecule has 1 amide bonds. The lowest BCUT2D eigenvalue weighted by atomic mass is 10.1. The van der Waals surface area contributed by atoms with E-state index >= 15 is 0 Å². The molecule has 6 heteroatoms. The van der Waals surface area contributed by atoms with Crippen LogP contribution in [0.15, 0.2) is 108 Å². The van der Waals surface area contributed by atoms with Crippen LogP contribution in [0.4, 0.5) is 5.69 Å². The Morgan fingerprint density at radius 3 is 2.50 bits per heavy atom. The number of hydrogen-bond donors (Lipinski definition) is 1. The molecule has 0 unspecified atom stereocenters. The lowest BCUT2D eigenvalue weighted by molar-refractivity contribution is -0.111. The third-order valence-electron chi connectivity index (χ3n) is 5.21. The van der Waals surface area contributed by atoms with Crippen molar-refractivity contribution in [3.8, 4) is 11.3 Å². The molecule has 34 heavy (non-hydrogen) atoms. The Hall–Kier alpha value is -4.03. The van der Waals surface area contributed by atoms with E-state index in [1.807, 2.05) is 67.6 Å². The van der Waals surface area contributed by atoms with Gasteiger partial charge in [-0.1, -0.05) is 66.2 Å². The molecule has 0 saturated heterocycles. The lowest BCUT2D eigenvalue weighted by Crippen LogP contribution is -2.09. The van der Waals surface area contributed by atoms with Gasteiger partial charge in [0, 0.05) is 17.8 Å². The number of aryl methyl sites for hydroxylation is 1. The second-order valence-electron chi connectivity index (χ2n) is 7.90. The number of pyridine rings is 1. The Morgan fingerprint density at radius 2 is 1.71 bits per heavy atom. The second-order valence-corrected chi connectivity index (χ2v) is 9.89. The fraction of sp³-hybridized carbons (Fsp3) is 0.0714. The van der Waals surface area contributed by atoms with Crippen molar-refractivity contribution >= 4 is 27.5 Å². The summed E-state index contributed by atoms with van der Waals surface area (Å²) >= 11 is 0. The molecule has 0 radical (unpaired) electrons. The van der Waals surface area contributed by atoms with E-state index in [4.69, 9.17) is 0 Å². The van der Waals surface area contributed by atoms with E-state index in [2.05, 4.69) is 10.3 Å². The van der Waals surface area contributed by atoms with E-state index in [0.717, 1.165) is 22.4 Å². The molecule has 1 N–H and O–H groups in total. The zero-order valence-corrected chi connectivity index (χ0v) is 19.5. The average molecular weight is 469 g/mol. The summed E-state index contributed by atoms with van der Waals surface area (Å²) in [4.78, 5) is 17.2. The van der Waals surface area contributed by atoms with Gasteiger partial charge in [0.15, 0.2) is 9.84 Å². The maximum atomic E-state index is 12.9. The summed E-state index contributed by atoms with van der Waals surface area (Å²) in [6, 6.07) is 27.1. The predicted molar refractivity (Wildman–Crippen MR) is 136 cm³/mol. The number of carbonyl (C=O) groups excluding carboxylic acids is 1. The number of anilines is 1. The molecule has 4 aromatic rings. The summed E-state index contributed by atoms with van der Waals surface area (Å²) in [6.45, 7) is 1.93. The first kappa shape index (κ1) is 23.1. The Morgan fingerprint density at radius 1 is 0.912 bits per heavy atom. The lowest BCUT2D eigenvalue weighted by Gasteiger charge is -2.09. The van der Waals surface area contributed by atoms with Crippen LogP contribution in [0.1, 0.15) is 16.7 Å². The SMILES string of the molecule is Cc1cccc(CS(=O)(=O)c2cccc(/C=C/C(=O)Nc3ccccc3-c3ccccn3)c2)c1. The smallest absolute Gasteiger partial charge is 0.248 e. The van der Waals surface area contributed by atoms with Gasteiger partial charge >= 0.3 is 0 Å². The highest BCUT2D eigenvalue weighted by Crippen LogP contribution is 2.26. The van der Waals surface area contributed by atoms with E-state index in [1.54, 1.807) is 42.6 Å². The van der Waals surface area contributed by atoms with Crippen molar-refractivity contribution in [2.45, 2.75) is 17.6 Å². The molecule has 3 aromatic carbocycles. The number of hydrogen-bond acceptors (Lipinski definition) is 4. The first-order valence-corrected chi connectivity index (χ1v) is 12.4. The third kappa shape index (κ3) is 5.85. The number of para-hydroxylation sites is 1. The van der Waals surface area contributed by atoms with Crippen LogP contribution in [0.3, 0.4) is 0 Å². The van der Waals surface area contributed by atoms with Crippen molar-refractivity contribution in [1.82, 2.24) is 4.98 Å². The van der Waals surface area contributed by atoms with E-state index in [-0.39, 0.29) is 16.6 Å². The molecule has 0 aliphatic rings. The first-order chi connectivity index (χ1) is 16.4. The van der Waals surface area contributed by atoms with Gasteiger partial charge in [0.05, 0.1) is 22.0 Å². The van der Waals surface area contributed by atoms with Crippen LogP contribution in [0, 0.1) is 6.92 Å². The summed E-state index contributed by atoms with van der Waals surface area (Å²) in [5, 5.41) is 2.88. The summed E-state index contributed by atoms with van der Waals surface area (Å²) in [5.74, 6) is -0.400. The predicted octanol–water partition coefficient (Wildman–Crippen LogP) is 5.68. The van der Waals surface area contributed by atoms with Gasteiger partial charge in [-0.15, -0.1) is 0 Å². The average Bonchev–Trinajstić information content (AvgIpc) is 2.84. The minimum Gasteiger partial charge on any atom is -0.322 e. The van der Waals surface area contributed by atoms with Gasteiger partial charge in [0.1, 0.15) is 0 Å². The monoisotopic (exact) mass is 468 g/mol. The highest BCUT2D eigenvalue weighted by molar-refractivity contribution is 7.90. The normalized spacial score (nSPS) is 11.4. The second kappa shape index (κ2) is 10.3. The van der Waals surface area contributed by atoms with Crippen molar-refractivity contribution < 1.29 is 13.2 Å². The van der Waals surface area contributed by atoms with Gasteiger partial charge in [0.2, 0.25) is 5.91 Å². The van der Waals surface area contributed by atoms with Crippen LogP contribution in [0.25, 0.3) is 17.3 Å². The van der Waals surface area contributed by atoms with Crippen molar-refractivity contribution in [3.05, 3.63) is 120 Å². The largest absolute Gasteiger partial charge is 0.322 e. The van der Waals surface area contributed by atoms with Crippen LogP contribution in [-0.4, -0.2) is 19.3 Å². The van der Waals surface area contributed by atoms with E-state index in [9.17, 15) is 13.2 Å². The Balaban J connectivity index is 1.49. The van der Waals surface area contributed by atoms with E-state index < -0.39 is 9.84 Å². The van der Waals surface area contributed by atoms with Gasteiger partial charge in [-0.25, -0.2) is 8.42 Å². The molecular formula is C28H24N2O3S. The highest BCUT2D eigenvalue weighted by Gasteiger charge is 2.15. The van der Waals surface area contributed by atoms with Crippen LogP contribution in [-0.2, 0) is 20.4 Å². The minimum atomic E-state index is -3.52. The quantitative estimate of drug-likeness (QED) is 0.354. The molecule has 0 atom stereocenters. The molecule has 1 aromatic heterocycles. The van der Waals surface area contributed by atoms with Gasteiger partial charge in [-0.2, -0.15) is 0 Å². The van der Waals surface area contributed by atoms with Crippen molar-refractivity contribution in [3.63, 3.8) is 0 Å². The number of aromatic nitrogens is 1. The van der Waals surface area contributed by atoms with Gasteiger partial charge in [-0.3, -0.25) is 9.78 Å². The summed E-state index contributed by atoms with van der Waals surface area (Å²) in [6.07, 6.45) is 4.69. The topological polar surface area (TPSA) is 76.1 Å². The number of amides is 1. The van der Waals surface area contributed by atoms with Crippen molar-refractivity contribution in [2.24, 2.45) is 0 Å². The molecule has 4 rings (SSSR count). The molecule has 0 bridgehead atoms. The van der Waals surface area contributed by atoms with Crippen LogP contribution < -0.4 is 5.32 Å². The molecule has 5 nitrogen and oxygen atoms in total. The Kier molecular flexibility index (Phi) is 6.99. The maximum absolute atomic E-state index is 12.9. The van der Waals surface area contributed by atoms with Crippen molar-refractivity contribution in [1.29, 1.82) is 0 Å². The number of carbonyl (C=O) groups is 1. The number of nitrogens with zero attached hydrogens (tertiary/aromatic N) is 1. The molecule has 0 aliphatic carbocycles. The molecule has 0 fully saturated rings. The summed E-state index contributed by atoms with van der Waals surface area (Å²) in [5.41, 5.74) is 4.60. The molecule has 0 saturated carbocycles. The zero-order chi connectivity index (χ0) is 24.0.